The van der Waals surface area contributed by atoms with Crippen molar-refractivity contribution in [3.05, 3.63) is 60.8 Å². The molecular formula is C19H16N6O2. The van der Waals surface area contributed by atoms with Crippen LogP contribution in [0.2, 0.25) is 0 Å². The Morgan fingerprint density at radius 1 is 1.15 bits per heavy atom. The van der Waals surface area contributed by atoms with Gasteiger partial charge in [-0.05, 0) is 25.1 Å². The third kappa shape index (κ3) is 3.32. The van der Waals surface area contributed by atoms with Crippen molar-refractivity contribution in [3.63, 3.8) is 0 Å². The molecule has 0 saturated heterocycles. The van der Waals surface area contributed by atoms with E-state index in [1.54, 1.807) is 43.1 Å². The van der Waals surface area contributed by atoms with Gasteiger partial charge < -0.3 is 15.0 Å². The van der Waals surface area contributed by atoms with Gasteiger partial charge >= 0.3 is 0 Å². The smallest absolute Gasteiger partial charge is 0.258 e. The predicted octanol–water partition coefficient (Wildman–Crippen LogP) is 3.07. The molecular weight excluding hydrogens is 344 g/mol. The van der Waals surface area contributed by atoms with Crippen LogP contribution in [0.1, 0.15) is 17.3 Å². The van der Waals surface area contributed by atoms with Gasteiger partial charge in [0.1, 0.15) is 22.8 Å². The van der Waals surface area contributed by atoms with Crippen molar-refractivity contribution in [2.24, 2.45) is 0 Å². The zero-order valence-corrected chi connectivity index (χ0v) is 14.5. The average Bonchev–Trinajstić information content (AvgIpc) is 3.14. The van der Waals surface area contributed by atoms with Crippen LogP contribution in [-0.4, -0.2) is 37.4 Å². The highest BCUT2D eigenvalue weighted by Crippen LogP contribution is 2.25. The number of H-pyrrole nitrogens is 1. The molecule has 4 rings (SSSR count). The van der Waals surface area contributed by atoms with E-state index in [1.807, 2.05) is 19.1 Å². The predicted molar refractivity (Wildman–Crippen MR) is 100 cm³/mol. The second-order valence-corrected chi connectivity index (χ2v) is 5.64. The van der Waals surface area contributed by atoms with Gasteiger partial charge in [-0.3, -0.25) is 14.8 Å². The fourth-order valence-electron chi connectivity index (χ4n) is 2.68. The van der Waals surface area contributed by atoms with E-state index in [-0.39, 0.29) is 5.91 Å². The summed E-state index contributed by atoms with van der Waals surface area (Å²) in [6.07, 6.45) is 8.11. The van der Waals surface area contributed by atoms with Crippen LogP contribution in [0.4, 0.5) is 5.69 Å². The lowest BCUT2D eigenvalue weighted by Gasteiger charge is -2.10. The van der Waals surface area contributed by atoms with E-state index in [0.717, 1.165) is 5.56 Å². The molecule has 4 aromatic rings. The van der Waals surface area contributed by atoms with Crippen LogP contribution in [0.15, 0.2) is 55.2 Å². The molecule has 0 radical (unpaired) electrons. The number of hydrogen-bond donors (Lipinski definition) is 2. The van der Waals surface area contributed by atoms with Crippen molar-refractivity contribution in [1.82, 2.24) is 24.9 Å². The second kappa shape index (κ2) is 7.20. The first-order valence-corrected chi connectivity index (χ1v) is 8.39. The van der Waals surface area contributed by atoms with E-state index < -0.39 is 0 Å². The fourth-order valence-corrected chi connectivity index (χ4v) is 2.68. The number of pyridine rings is 3. The number of nitrogens with zero attached hydrogens (tertiary/aromatic N) is 4. The topological polar surface area (TPSA) is 106 Å². The van der Waals surface area contributed by atoms with E-state index in [2.05, 4.69) is 30.2 Å². The number of anilines is 1. The summed E-state index contributed by atoms with van der Waals surface area (Å²) >= 11 is 0. The van der Waals surface area contributed by atoms with Gasteiger partial charge in [0, 0.05) is 36.4 Å². The number of imidazole rings is 1. The molecule has 0 aliphatic rings. The third-order valence-electron chi connectivity index (χ3n) is 3.89. The van der Waals surface area contributed by atoms with Gasteiger partial charge in [0.2, 0.25) is 0 Å². The largest absolute Gasteiger partial charge is 0.492 e. The zero-order chi connectivity index (χ0) is 18.6. The number of amides is 1. The molecule has 0 bridgehead atoms. The minimum atomic E-state index is -0.319. The third-order valence-corrected chi connectivity index (χ3v) is 3.89. The number of carbonyl (C=O) groups is 1. The molecule has 2 N–H and O–H groups in total. The molecule has 134 valence electrons. The Morgan fingerprint density at radius 3 is 2.85 bits per heavy atom. The van der Waals surface area contributed by atoms with Crippen molar-refractivity contribution in [2.45, 2.75) is 6.92 Å². The highest BCUT2D eigenvalue weighted by molar-refractivity contribution is 6.11. The Bertz CT molecular complexity index is 1090. The lowest BCUT2D eigenvalue weighted by Crippen LogP contribution is -2.14. The van der Waals surface area contributed by atoms with Gasteiger partial charge in [-0.25, -0.2) is 9.97 Å². The maximum Gasteiger partial charge on any atom is 0.258 e. The summed E-state index contributed by atoms with van der Waals surface area (Å²) in [5.41, 5.74) is 2.72. The van der Waals surface area contributed by atoms with Crippen LogP contribution in [0.3, 0.4) is 0 Å². The van der Waals surface area contributed by atoms with E-state index in [1.165, 1.54) is 0 Å². The highest BCUT2D eigenvalue weighted by atomic mass is 16.5. The van der Waals surface area contributed by atoms with Gasteiger partial charge in [0.05, 0.1) is 18.4 Å². The standard InChI is InChI=1S/C19H16N6O2/c1-2-27-15-6-8-21-11-14(15)23-19(26)13-5-9-22-18-16(13)24-17(25-18)12-4-3-7-20-10-12/h3-11H,2H2,1H3,(H,23,26)(H,22,24,25). The Labute approximate surface area is 154 Å². The molecule has 0 atom stereocenters. The monoisotopic (exact) mass is 360 g/mol. The SMILES string of the molecule is CCOc1ccncc1NC(=O)c1ccnc2[nH]c(-c3cccnc3)nc12. The molecule has 0 unspecified atom stereocenters. The normalized spacial score (nSPS) is 10.7. The Morgan fingerprint density at radius 2 is 2.04 bits per heavy atom. The van der Waals surface area contributed by atoms with Gasteiger partial charge in [-0.1, -0.05) is 0 Å². The van der Waals surface area contributed by atoms with Crippen molar-refractivity contribution < 1.29 is 9.53 Å². The maximum absolute atomic E-state index is 12.8. The van der Waals surface area contributed by atoms with E-state index in [0.29, 0.717) is 40.6 Å². The van der Waals surface area contributed by atoms with Crippen LogP contribution in [0.5, 0.6) is 5.75 Å². The minimum absolute atomic E-state index is 0.319. The van der Waals surface area contributed by atoms with Crippen molar-refractivity contribution in [1.29, 1.82) is 0 Å². The molecule has 0 saturated carbocycles. The lowest BCUT2D eigenvalue weighted by molar-refractivity contribution is 0.102. The lowest BCUT2D eigenvalue weighted by atomic mass is 10.2. The van der Waals surface area contributed by atoms with Gasteiger partial charge in [0.15, 0.2) is 5.65 Å². The molecule has 4 aromatic heterocycles. The molecule has 0 aromatic carbocycles. The van der Waals surface area contributed by atoms with Crippen LogP contribution in [0, 0.1) is 0 Å². The Kier molecular flexibility index (Phi) is 4.44. The maximum atomic E-state index is 12.8. The average molecular weight is 360 g/mol. The molecule has 1 amide bonds. The van der Waals surface area contributed by atoms with Crippen molar-refractivity contribution >= 4 is 22.8 Å². The molecule has 0 aliphatic heterocycles. The molecule has 0 spiro atoms. The number of hydrogen-bond acceptors (Lipinski definition) is 6. The number of aromatic amines is 1. The van der Waals surface area contributed by atoms with Crippen LogP contribution in [0.25, 0.3) is 22.6 Å². The summed E-state index contributed by atoms with van der Waals surface area (Å²) < 4.78 is 5.53. The van der Waals surface area contributed by atoms with Gasteiger partial charge in [-0.15, -0.1) is 0 Å². The number of carbonyl (C=O) groups excluding carboxylic acids is 1. The van der Waals surface area contributed by atoms with Crippen LogP contribution in [-0.2, 0) is 0 Å². The van der Waals surface area contributed by atoms with Crippen molar-refractivity contribution in [3.8, 4) is 17.1 Å². The molecule has 27 heavy (non-hydrogen) atoms. The molecule has 4 heterocycles. The van der Waals surface area contributed by atoms with E-state index in [4.69, 9.17) is 4.74 Å². The number of fused-ring (bicyclic) bond motifs is 1. The first-order chi connectivity index (χ1) is 13.3. The second-order valence-electron chi connectivity index (χ2n) is 5.64. The molecule has 0 fully saturated rings. The first-order valence-electron chi connectivity index (χ1n) is 8.39. The first kappa shape index (κ1) is 16.6. The Hall–Kier alpha value is -3.81. The Balaban J connectivity index is 1.69. The summed E-state index contributed by atoms with van der Waals surface area (Å²) in [5, 5.41) is 2.83. The summed E-state index contributed by atoms with van der Waals surface area (Å²) in [6, 6.07) is 7.04. The zero-order valence-electron chi connectivity index (χ0n) is 14.5. The van der Waals surface area contributed by atoms with Crippen LogP contribution < -0.4 is 10.1 Å². The number of rotatable bonds is 5. The summed E-state index contributed by atoms with van der Waals surface area (Å²) in [7, 11) is 0. The highest BCUT2D eigenvalue weighted by Gasteiger charge is 2.17. The van der Waals surface area contributed by atoms with E-state index >= 15 is 0 Å². The molecule has 0 aliphatic carbocycles. The quantitative estimate of drug-likeness (QED) is 0.567. The number of nitrogens with one attached hydrogen (secondary N) is 2. The van der Waals surface area contributed by atoms with E-state index in [9.17, 15) is 4.79 Å². The molecule has 8 nitrogen and oxygen atoms in total. The van der Waals surface area contributed by atoms with Gasteiger partial charge in [0.25, 0.3) is 5.91 Å². The minimum Gasteiger partial charge on any atom is -0.492 e. The van der Waals surface area contributed by atoms with Crippen molar-refractivity contribution in [2.75, 3.05) is 11.9 Å². The summed E-state index contributed by atoms with van der Waals surface area (Å²) in [6.45, 7) is 2.36. The molecule has 8 heteroatoms. The summed E-state index contributed by atoms with van der Waals surface area (Å²) in [4.78, 5) is 32.9. The number of ether oxygens (including phenoxy) is 1. The fraction of sp³-hybridized carbons (Fsp3) is 0.105. The van der Waals surface area contributed by atoms with Gasteiger partial charge in [-0.2, -0.15) is 0 Å². The number of aromatic nitrogens is 5. The summed E-state index contributed by atoms with van der Waals surface area (Å²) in [5.74, 6) is 0.840. The van der Waals surface area contributed by atoms with Crippen LogP contribution >= 0.6 is 0 Å².